The van der Waals surface area contributed by atoms with E-state index in [0.717, 1.165) is 24.6 Å². The van der Waals surface area contributed by atoms with Gasteiger partial charge in [0.05, 0.1) is 5.56 Å². The zero-order chi connectivity index (χ0) is 15.6. The van der Waals surface area contributed by atoms with Crippen molar-refractivity contribution in [3.8, 4) is 0 Å². The first-order valence-corrected chi connectivity index (χ1v) is 7.83. The van der Waals surface area contributed by atoms with E-state index >= 15 is 0 Å². The minimum absolute atomic E-state index is 0.379. The van der Waals surface area contributed by atoms with Gasteiger partial charge in [0.1, 0.15) is 0 Å². The average Bonchev–Trinajstić information content (AvgIpc) is 2.40. The largest absolute Gasteiger partial charge is 0.478 e. The van der Waals surface area contributed by atoms with E-state index in [1.165, 1.54) is 12.8 Å². The van der Waals surface area contributed by atoms with Gasteiger partial charge in [-0.2, -0.15) is 0 Å². The average molecular weight is 289 g/mol. The lowest BCUT2D eigenvalue weighted by molar-refractivity contribution is 0.0645. The molecule has 0 saturated carbocycles. The van der Waals surface area contributed by atoms with Crippen molar-refractivity contribution in [1.29, 1.82) is 0 Å². The monoisotopic (exact) mass is 289 g/mol. The highest BCUT2D eigenvalue weighted by Gasteiger charge is 2.32. The molecule has 2 atom stereocenters. The Morgan fingerprint density at radius 2 is 2.10 bits per heavy atom. The molecular weight excluding hydrogens is 262 g/mol. The van der Waals surface area contributed by atoms with Crippen LogP contribution in [-0.2, 0) is 6.54 Å². The summed E-state index contributed by atoms with van der Waals surface area (Å²) in [6, 6.07) is 7.86. The van der Waals surface area contributed by atoms with Crippen LogP contribution in [0.25, 0.3) is 0 Å². The van der Waals surface area contributed by atoms with Crippen LogP contribution in [0.2, 0.25) is 0 Å². The fraction of sp³-hybridized carbons (Fsp3) is 0.611. The van der Waals surface area contributed by atoms with E-state index in [-0.39, 0.29) is 0 Å². The molecule has 1 aliphatic rings. The van der Waals surface area contributed by atoms with Gasteiger partial charge in [0.15, 0.2) is 0 Å². The van der Waals surface area contributed by atoms with Gasteiger partial charge < -0.3 is 5.11 Å². The van der Waals surface area contributed by atoms with Crippen LogP contribution in [0.5, 0.6) is 0 Å². The number of piperidine rings is 1. The Bertz CT molecular complexity index is 504. The first-order valence-electron chi connectivity index (χ1n) is 7.83. The predicted octanol–water partition coefficient (Wildman–Crippen LogP) is 4.03. The summed E-state index contributed by atoms with van der Waals surface area (Å²) in [6.07, 6.45) is 2.45. The van der Waals surface area contributed by atoms with Gasteiger partial charge in [0.2, 0.25) is 0 Å². The molecule has 2 unspecified atom stereocenters. The summed E-state index contributed by atoms with van der Waals surface area (Å²) < 4.78 is 0. The molecule has 1 fully saturated rings. The normalized spacial score (nSPS) is 24.0. The highest BCUT2D eigenvalue weighted by molar-refractivity contribution is 5.87. The molecule has 2 rings (SSSR count). The van der Waals surface area contributed by atoms with Gasteiger partial charge in [-0.05, 0) is 55.3 Å². The number of carboxylic acid groups (broad SMARTS) is 1. The molecule has 0 radical (unpaired) electrons. The van der Waals surface area contributed by atoms with Gasteiger partial charge in [-0.25, -0.2) is 4.79 Å². The van der Waals surface area contributed by atoms with Gasteiger partial charge in [0, 0.05) is 12.6 Å². The molecule has 3 nitrogen and oxygen atoms in total. The van der Waals surface area contributed by atoms with Crippen LogP contribution in [0.15, 0.2) is 24.3 Å². The van der Waals surface area contributed by atoms with Crippen molar-refractivity contribution >= 4 is 5.97 Å². The Hall–Kier alpha value is -1.35. The number of aromatic carboxylic acids is 1. The van der Waals surface area contributed by atoms with Crippen LogP contribution in [0.4, 0.5) is 0 Å². The Kier molecular flexibility index (Phi) is 4.72. The van der Waals surface area contributed by atoms with E-state index in [1.807, 2.05) is 12.1 Å². The van der Waals surface area contributed by atoms with Crippen LogP contribution in [0, 0.1) is 11.3 Å². The van der Waals surface area contributed by atoms with E-state index in [2.05, 4.69) is 32.6 Å². The number of rotatable bonds is 3. The fourth-order valence-corrected chi connectivity index (χ4v) is 3.28. The molecular formula is C18H27NO2. The molecule has 0 spiro atoms. The summed E-state index contributed by atoms with van der Waals surface area (Å²) in [4.78, 5) is 13.5. The second kappa shape index (κ2) is 6.18. The lowest BCUT2D eigenvalue weighted by Gasteiger charge is -2.43. The number of carboxylic acids is 1. The van der Waals surface area contributed by atoms with Crippen molar-refractivity contribution in [3.63, 3.8) is 0 Å². The lowest BCUT2D eigenvalue weighted by Crippen LogP contribution is -2.43. The molecule has 21 heavy (non-hydrogen) atoms. The van der Waals surface area contributed by atoms with Gasteiger partial charge >= 0.3 is 5.97 Å². The minimum Gasteiger partial charge on any atom is -0.478 e. The second-order valence-electron chi connectivity index (χ2n) is 7.41. The summed E-state index contributed by atoms with van der Waals surface area (Å²) >= 11 is 0. The van der Waals surface area contributed by atoms with Gasteiger partial charge in [-0.15, -0.1) is 0 Å². The highest BCUT2D eigenvalue weighted by Crippen LogP contribution is 2.37. The van der Waals surface area contributed by atoms with Crippen molar-refractivity contribution < 1.29 is 9.90 Å². The highest BCUT2D eigenvalue weighted by atomic mass is 16.4. The maximum Gasteiger partial charge on any atom is 0.335 e. The quantitative estimate of drug-likeness (QED) is 0.913. The maximum absolute atomic E-state index is 11.0. The maximum atomic E-state index is 11.0. The second-order valence-corrected chi connectivity index (χ2v) is 7.41. The molecule has 1 aliphatic heterocycles. The molecule has 0 amide bonds. The molecule has 116 valence electrons. The van der Waals surface area contributed by atoms with Crippen molar-refractivity contribution in [3.05, 3.63) is 35.4 Å². The van der Waals surface area contributed by atoms with Gasteiger partial charge in [-0.1, -0.05) is 32.9 Å². The summed E-state index contributed by atoms with van der Waals surface area (Å²) in [5, 5.41) is 9.08. The van der Waals surface area contributed by atoms with Gasteiger partial charge in [0.25, 0.3) is 0 Å². The Morgan fingerprint density at radius 3 is 2.67 bits per heavy atom. The Labute approximate surface area is 128 Å². The van der Waals surface area contributed by atoms with Crippen molar-refractivity contribution in [1.82, 2.24) is 4.90 Å². The third kappa shape index (κ3) is 4.07. The van der Waals surface area contributed by atoms with E-state index in [9.17, 15) is 4.79 Å². The SMILES string of the molecule is CC1CC(C(C)(C)C)CCN1Cc1cccc(C(=O)O)c1. The molecule has 0 aromatic heterocycles. The minimum atomic E-state index is -0.851. The molecule has 1 heterocycles. The smallest absolute Gasteiger partial charge is 0.335 e. The molecule has 1 saturated heterocycles. The first kappa shape index (κ1) is 16.0. The van der Waals surface area contributed by atoms with Crippen molar-refractivity contribution in [2.45, 2.75) is 53.1 Å². The van der Waals surface area contributed by atoms with E-state index < -0.39 is 5.97 Å². The zero-order valence-corrected chi connectivity index (χ0v) is 13.6. The van der Waals surface area contributed by atoms with Crippen LogP contribution >= 0.6 is 0 Å². The molecule has 0 aliphatic carbocycles. The summed E-state index contributed by atoms with van der Waals surface area (Å²) in [6.45, 7) is 11.2. The topological polar surface area (TPSA) is 40.5 Å². The Balaban J connectivity index is 2.01. The van der Waals surface area contributed by atoms with Gasteiger partial charge in [-0.3, -0.25) is 4.90 Å². The summed E-state index contributed by atoms with van der Waals surface area (Å²) in [7, 11) is 0. The third-order valence-corrected chi connectivity index (χ3v) is 4.80. The molecule has 0 bridgehead atoms. The van der Waals surface area contributed by atoms with E-state index in [0.29, 0.717) is 17.0 Å². The molecule has 3 heteroatoms. The predicted molar refractivity (Wildman–Crippen MR) is 85.5 cm³/mol. The number of benzene rings is 1. The number of hydrogen-bond acceptors (Lipinski definition) is 2. The van der Waals surface area contributed by atoms with E-state index in [1.54, 1.807) is 12.1 Å². The van der Waals surface area contributed by atoms with Crippen LogP contribution in [-0.4, -0.2) is 28.6 Å². The summed E-state index contributed by atoms with van der Waals surface area (Å²) in [5.41, 5.74) is 1.85. The first-order chi connectivity index (χ1) is 9.77. The van der Waals surface area contributed by atoms with Crippen LogP contribution in [0.1, 0.15) is 56.5 Å². The van der Waals surface area contributed by atoms with Crippen LogP contribution in [0.3, 0.4) is 0 Å². The zero-order valence-electron chi connectivity index (χ0n) is 13.6. The number of carbonyl (C=O) groups is 1. The number of nitrogens with zero attached hydrogens (tertiary/aromatic N) is 1. The molecule has 1 aromatic carbocycles. The van der Waals surface area contributed by atoms with Crippen LogP contribution < -0.4 is 0 Å². The number of hydrogen-bond donors (Lipinski definition) is 1. The molecule has 1 aromatic rings. The molecule has 1 N–H and O–H groups in total. The van der Waals surface area contributed by atoms with E-state index in [4.69, 9.17) is 5.11 Å². The standard InChI is InChI=1S/C18H27NO2/c1-13-10-16(18(2,3)4)8-9-19(13)12-14-6-5-7-15(11-14)17(20)21/h5-7,11,13,16H,8-10,12H2,1-4H3,(H,20,21). The van der Waals surface area contributed by atoms with Crippen molar-refractivity contribution in [2.24, 2.45) is 11.3 Å². The number of likely N-dealkylation sites (tertiary alicyclic amines) is 1. The van der Waals surface area contributed by atoms with Crippen molar-refractivity contribution in [2.75, 3.05) is 6.54 Å². The summed E-state index contributed by atoms with van der Waals surface area (Å²) in [5.74, 6) is -0.0783. The third-order valence-electron chi connectivity index (χ3n) is 4.80. The lowest BCUT2D eigenvalue weighted by atomic mass is 9.73. The fourth-order valence-electron chi connectivity index (χ4n) is 3.28. The Morgan fingerprint density at radius 1 is 1.38 bits per heavy atom.